The summed E-state index contributed by atoms with van der Waals surface area (Å²) in [5, 5.41) is 0. The third-order valence-corrected chi connectivity index (χ3v) is 9.89. The van der Waals surface area contributed by atoms with Crippen molar-refractivity contribution in [3.8, 4) is 0 Å². The van der Waals surface area contributed by atoms with Gasteiger partial charge in [0.15, 0.2) is 0 Å². The predicted octanol–water partition coefficient (Wildman–Crippen LogP) is 5.06. The number of carbonyl (C=O) groups is 1. The van der Waals surface area contributed by atoms with E-state index in [1.165, 1.54) is 32.1 Å². The van der Waals surface area contributed by atoms with Crippen LogP contribution in [0.15, 0.2) is 0 Å². The molecule has 7 saturated carbocycles. The van der Waals surface area contributed by atoms with Gasteiger partial charge in [-0.2, -0.15) is 0 Å². The van der Waals surface area contributed by atoms with Gasteiger partial charge in [-0.3, -0.25) is 4.79 Å². The Bertz CT molecular complexity index is 569. The van der Waals surface area contributed by atoms with Crippen LogP contribution in [0.25, 0.3) is 0 Å². The average Bonchev–Trinajstić information content (AvgIpc) is 2.52. The fourth-order valence-corrected chi connectivity index (χ4v) is 8.26. The van der Waals surface area contributed by atoms with Gasteiger partial charge in [0.25, 0.3) is 0 Å². The molecule has 0 heterocycles. The van der Waals surface area contributed by atoms with Crippen LogP contribution in [0.3, 0.4) is 0 Å². The molecule has 7 fully saturated rings. The topological polar surface area (TPSA) is 26.3 Å². The summed E-state index contributed by atoms with van der Waals surface area (Å²) in [4.78, 5) is 13.0. The number of ether oxygens (including phenoxy) is 1. The minimum atomic E-state index is -0.356. The third-order valence-electron chi connectivity index (χ3n) is 9.89. The van der Waals surface area contributed by atoms with E-state index in [1.807, 2.05) is 13.8 Å². The number of esters is 1. The summed E-state index contributed by atoms with van der Waals surface area (Å²) in [7, 11) is 0. The average molecular weight is 331 g/mol. The molecule has 0 saturated heterocycles. The maximum Gasteiger partial charge on any atom is 0.312 e. The van der Waals surface area contributed by atoms with E-state index < -0.39 is 0 Å². The molecule has 7 aliphatic carbocycles. The molecule has 134 valence electrons. The van der Waals surface area contributed by atoms with Gasteiger partial charge < -0.3 is 4.74 Å². The van der Waals surface area contributed by atoms with Gasteiger partial charge >= 0.3 is 5.97 Å². The molecule has 0 amide bonds. The second-order valence-corrected chi connectivity index (χ2v) is 11.1. The highest BCUT2D eigenvalue weighted by Gasteiger charge is 2.75. The van der Waals surface area contributed by atoms with E-state index in [4.69, 9.17) is 4.74 Å². The van der Waals surface area contributed by atoms with Crippen molar-refractivity contribution in [1.82, 2.24) is 0 Å². The van der Waals surface area contributed by atoms with E-state index in [-0.39, 0.29) is 22.4 Å². The van der Waals surface area contributed by atoms with Gasteiger partial charge in [-0.25, -0.2) is 0 Å². The predicted molar refractivity (Wildman–Crippen MR) is 94.2 cm³/mol. The van der Waals surface area contributed by atoms with E-state index in [0.29, 0.717) is 5.92 Å². The number of hydrogen-bond acceptors (Lipinski definition) is 2. The van der Waals surface area contributed by atoms with Gasteiger partial charge in [0.2, 0.25) is 0 Å². The quantitative estimate of drug-likeness (QED) is 0.676. The Hall–Kier alpha value is -0.530. The molecule has 0 N–H and O–H groups in total. The maximum absolute atomic E-state index is 13.0. The summed E-state index contributed by atoms with van der Waals surface area (Å²) < 4.78 is 6.52. The number of hydrogen-bond donors (Lipinski definition) is 0. The molecule has 5 unspecified atom stereocenters. The van der Waals surface area contributed by atoms with Crippen LogP contribution >= 0.6 is 0 Å². The van der Waals surface area contributed by atoms with Crippen molar-refractivity contribution in [1.29, 1.82) is 0 Å². The molecule has 5 atom stereocenters. The second kappa shape index (κ2) is 4.41. The molecule has 2 heteroatoms. The molecule has 0 spiro atoms. The Kier molecular flexibility index (Phi) is 2.88. The first-order valence-corrected chi connectivity index (χ1v) is 10.4. The van der Waals surface area contributed by atoms with Crippen molar-refractivity contribution in [3.05, 3.63) is 0 Å². The van der Waals surface area contributed by atoms with Gasteiger partial charge in [0.1, 0.15) is 5.60 Å². The lowest BCUT2D eigenvalue weighted by Gasteiger charge is -2.76. The Morgan fingerprint density at radius 2 is 1.54 bits per heavy atom. The summed E-state index contributed by atoms with van der Waals surface area (Å²) >= 11 is 0. The van der Waals surface area contributed by atoms with E-state index in [1.54, 1.807) is 0 Å². The van der Waals surface area contributed by atoms with Crippen LogP contribution in [-0.4, -0.2) is 11.6 Å². The van der Waals surface area contributed by atoms with Crippen LogP contribution in [0.4, 0.5) is 0 Å². The Morgan fingerprint density at radius 3 is 2.08 bits per heavy atom. The van der Waals surface area contributed by atoms with Crippen LogP contribution < -0.4 is 0 Å². The van der Waals surface area contributed by atoms with Crippen LogP contribution in [0.1, 0.15) is 73.1 Å². The molecule has 8 bridgehead atoms. The second-order valence-electron chi connectivity index (χ2n) is 11.1. The lowest BCUT2D eigenvalue weighted by Crippen LogP contribution is -2.75. The van der Waals surface area contributed by atoms with Gasteiger partial charge in [-0.15, -0.1) is 0 Å². The normalized spacial score (nSPS) is 56.8. The first-order valence-electron chi connectivity index (χ1n) is 10.4. The molecule has 24 heavy (non-hydrogen) atoms. The molecule has 7 rings (SSSR count). The summed E-state index contributed by atoms with van der Waals surface area (Å²) in [6.07, 6.45) is 7.84. The summed E-state index contributed by atoms with van der Waals surface area (Å²) in [6, 6.07) is 0. The van der Waals surface area contributed by atoms with Crippen LogP contribution in [-0.2, 0) is 9.53 Å². The van der Waals surface area contributed by atoms with Crippen LogP contribution in [0, 0.1) is 52.3 Å². The number of rotatable bonds is 3. The molecule has 0 aromatic rings. The minimum Gasteiger partial charge on any atom is -0.458 e. The zero-order chi connectivity index (χ0) is 17.1. The highest BCUT2D eigenvalue weighted by molar-refractivity contribution is 5.76. The highest BCUT2D eigenvalue weighted by atomic mass is 16.6. The molecule has 7 aliphatic rings. The summed E-state index contributed by atoms with van der Waals surface area (Å²) in [5.74, 6) is 6.27. The van der Waals surface area contributed by atoms with Gasteiger partial charge in [0, 0.05) is 11.3 Å². The number of carbonyl (C=O) groups excluding carboxylic acids is 1. The maximum atomic E-state index is 13.0. The van der Waals surface area contributed by atoms with Crippen molar-refractivity contribution in [2.75, 3.05) is 0 Å². The van der Waals surface area contributed by atoms with Crippen molar-refractivity contribution in [3.63, 3.8) is 0 Å². The monoisotopic (exact) mass is 330 g/mol. The fraction of sp³-hybridized carbons (Fsp3) is 0.955. The summed E-state index contributed by atoms with van der Waals surface area (Å²) in [6.45, 7) is 11.0. The first kappa shape index (κ1) is 15.7. The van der Waals surface area contributed by atoms with E-state index >= 15 is 0 Å². The standard InChI is InChI=1S/C22H34O2/c1-6-20(2,3)19(23)24-22(5)18-14-8-12-7-13-16(14)10-21(22,4)11-17(13)15(18)9-12/h12-18H,6-11H2,1-5H3. The Morgan fingerprint density at radius 1 is 1.00 bits per heavy atom. The molecule has 0 aromatic carbocycles. The highest BCUT2D eigenvalue weighted by Crippen LogP contribution is 2.77. The SMILES string of the molecule is CCC(C)(C)C(=O)OC1(C)C2C3CC4CC5C3CC1(C)CC5C2C4. The van der Waals surface area contributed by atoms with Crippen molar-refractivity contribution in [2.45, 2.75) is 78.7 Å². The third kappa shape index (κ3) is 1.62. The van der Waals surface area contributed by atoms with E-state index in [2.05, 4.69) is 20.8 Å². The van der Waals surface area contributed by atoms with Crippen molar-refractivity contribution >= 4 is 5.97 Å². The largest absolute Gasteiger partial charge is 0.458 e. The Labute approximate surface area is 147 Å². The molecule has 2 nitrogen and oxygen atoms in total. The summed E-state index contributed by atoms with van der Waals surface area (Å²) in [5.41, 5.74) is -0.377. The van der Waals surface area contributed by atoms with Crippen molar-refractivity contribution in [2.24, 2.45) is 52.3 Å². The lowest BCUT2D eigenvalue weighted by atomic mass is 9.29. The van der Waals surface area contributed by atoms with Crippen LogP contribution in [0.2, 0.25) is 0 Å². The molecular weight excluding hydrogens is 296 g/mol. The molecule has 0 aliphatic heterocycles. The zero-order valence-electron chi connectivity index (χ0n) is 16.1. The van der Waals surface area contributed by atoms with E-state index in [0.717, 1.165) is 41.9 Å². The van der Waals surface area contributed by atoms with Crippen LogP contribution in [0.5, 0.6) is 0 Å². The first-order chi connectivity index (χ1) is 11.2. The van der Waals surface area contributed by atoms with Gasteiger partial charge in [-0.1, -0.05) is 13.8 Å². The van der Waals surface area contributed by atoms with E-state index in [9.17, 15) is 4.79 Å². The zero-order valence-corrected chi connectivity index (χ0v) is 16.1. The lowest BCUT2D eigenvalue weighted by molar-refractivity contribution is -0.321. The van der Waals surface area contributed by atoms with Gasteiger partial charge in [0.05, 0.1) is 5.41 Å². The van der Waals surface area contributed by atoms with Gasteiger partial charge in [-0.05, 0) is 94.8 Å². The Balaban J connectivity index is 1.54. The smallest absolute Gasteiger partial charge is 0.312 e. The molecular formula is C22H34O2. The minimum absolute atomic E-state index is 0.0458. The molecule has 0 radical (unpaired) electrons. The fourth-order valence-electron chi connectivity index (χ4n) is 8.26. The van der Waals surface area contributed by atoms with Crippen molar-refractivity contribution < 1.29 is 9.53 Å². The molecule has 0 aromatic heterocycles.